The fourth-order valence-corrected chi connectivity index (χ4v) is 4.23. The van der Waals surface area contributed by atoms with Crippen molar-refractivity contribution in [3.05, 3.63) is 69.1 Å². The predicted molar refractivity (Wildman–Crippen MR) is 121 cm³/mol. The molecule has 7 nitrogen and oxygen atoms in total. The summed E-state index contributed by atoms with van der Waals surface area (Å²) in [7, 11) is 1.30. The van der Waals surface area contributed by atoms with Gasteiger partial charge in [0.2, 0.25) is 5.76 Å². The molecule has 0 bridgehead atoms. The summed E-state index contributed by atoms with van der Waals surface area (Å²) >= 11 is 3.32. The molecule has 1 fully saturated rings. The molecule has 32 heavy (non-hydrogen) atoms. The minimum absolute atomic E-state index is 0.0509. The summed E-state index contributed by atoms with van der Waals surface area (Å²) in [5.74, 6) is 0.792. The van der Waals surface area contributed by atoms with E-state index in [4.69, 9.17) is 19.0 Å². The quantitative estimate of drug-likeness (QED) is 0.337. The number of furan rings is 2. The Balaban J connectivity index is 0.000000153. The second-order valence-corrected chi connectivity index (χ2v) is 8.52. The van der Waals surface area contributed by atoms with E-state index in [1.165, 1.54) is 25.5 Å². The van der Waals surface area contributed by atoms with Crippen LogP contribution in [0.3, 0.4) is 0 Å². The van der Waals surface area contributed by atoms with Crippen LogP contribution in [0.5, 0.6) is 0 Å². The zero-order valence-corrected chi connectivity index (χ0v) is 19.0. The Morgan fingerprint density at radius 2 is 1.59 bits per heavy atom. The SMILES string of the molecule is COC(=O)c1cc2cc(CO)cc(Br)c2o1.OCc1cc(C2CC2)c2oc(CO)cc2c1. The Hall–Kier alpha value is -2.65. The van der Waals surface area contributed by atoms with E-state index in [9.17, 15) is 9.90 Å². The summed E-state index contributed by atoms with van der Waals surface area (Å²) in [6, 6.07) is 10.9. The molecular formula is C24H23BrO7. The molecule has 1 aliphatic rings. The largest absolute Gasteiger partial charge is 0.463 e. The molecule has 2 heterocycles. The second kappa shape index (κ2) is 9.46. The third-order valence-electron chi connectivity index (χ3n) is 5.31. The first kappa shape index (κ1) is 22.5. The molecule has 2 aromatic carbocycles. The van der Waals surface area contributed by atoms with E-state index in [2.05, 4.69) is 20.7 Å². The van der Waals surface area contributed by atoms with Crippen molar-refractivity contribution in [3.63, 3.8) is 0 Å². The van der Waals surface area contributed by atoms with Crippen LogP contribution in [0.2, 0.25) is 0 Å². The normalized spacial score (nSPS) is 13.3. The lowest BCUT2D eigenvalue weighted by Crippen LogP contribution is -1.97. The minimum Gasteiger partial charge on any atom is -0.463 e. The molecule has 0 amide bonds. The van der Waals surface area contributed by atoms with Crippen LogP contribution in [0.1, 0.15) is 51.8 Å². The molecule has 0 radical (unpaired) electrons. The highest BCUT2D eigenvalue weighted by atomic mass is 79.9. The van der Waals surface area contributed by atoms with Crippen molar-refractivity contribution in [2.45, 2.75) is 38.6 Å². The van der Waals surface area contributed by atoms with Crippen molar-refractivity contribution >= 4 is 43.8 Å². The van der Waals surface area contributed by atoms with E-state index in [1.54, 1.807) is 18.2 Å². The maximum atomic E-state index is 11.3. The number of methoxy groups -OCH3 is 1. The topological polar surface area (TPSA) is 113 Å². The van der Waals surface area contributed by atoms with Gasteiger partial charge in [-0.2, -0.15) is 0 Å². The Bertz CT molecular complexity index is 1270. The van der Waals surface area contributed by atoms with Crippen LogP contribution in [0.4, 0.5) is 0 Å². The Labute approximate surface area is 192 Å². The lowest BCUT2D eigenvalue weighted by molar-refractivity contribution is 0.0567. The molecule has 3 N–H and O–H groups in total. The van der Waals surface area contributed by atoms with Crippen molar-refractivity contribution in [2.24, 2.45) is 0 Å². The molecule has 2 aromatic heterocycles. The fourth-order valence-electron chi connectivity index (χ4n) is 3.63. The van der Waals surface area contributed by atoms with Crippen LogP contribution in [0.15, 0.2) is 49.7 Å². The molecular weight excluding hydrogens is 480 g/mol. The van der Waals surface area contributed by atoms with Gasteiger partial charge < -0.3 is 28.9 Å². The molecule has 1 aliphatic carbocycles. The number of fused-ring (bicyclic) bond motifs is 2. The molecule has 5 rings (SSSR count). The number of rotatable bonds is 5. The van der Waals surface area contributed by atoms with Gasteiger partial charge in [-0.05, 0) is 87.8 Å². The molecule has 4 aromatic rings. The first-order valence-corrected chi connectivity index (χ1v) is 10.9. The van der Waals surface area contributed by atoms with Gasteiger partial charge >= 0.3 is 5.97 Å². The highest BCUT2D eigenvalue weighted by Crippen LogP contribution is 2.44. The molecule has 0 spiro atoms. The van der Waals surface area contributed by atoms with Crippen LogP contribution in [0, 0.1) is 0 Å². The van der Waals surface area contributed by atoms with Gasteiger partial charge in [0, 0.05) is 10.8 Å². The van der Waals surface area contributed by atoms with Gasteiger partial charge in [0.15, 0.2) is 0 Å². The zero-order chi connectivity index (χ0) is 22.8. The van der Waals surface area contributed by atoms with Crippen LogP contribution >= 0.6 is 15.9 Å². The standard InChI is InChI=1S/C13H14O3.C11H9BrO4/c14-6-8-3-10-5-11(7-15)16-13(10)12(4-8)9-1-2-9;1-15-11(14)9-4-7-2-6(5-13)3-8(12)10(7)16-9/h3-5,9,14-15H,1-2,6-7H2;2-4,13H,5H2,1H3. The summed E-state index contributed by atoms with van der Waals surface area (Å²) in [6.07, 6.45) is 2.39. The Morgan fingerprint density at radius 1 is 0.938 bits per heavy atom. The first-order chi connectivity index (χ1) is 15.5. The number of halogens is 1. The third kappa shape index (κ3) is 4.59. The lowest BCUT2D eigenvalue weighted by atomic mass is 10.0. The number of ether oxygens (including phenoxy) is 1. The third-order valence-corrected chi connectivity index (χ3v) is 5.90. The summed E-state index contributed by atoms with van der Waals surface area (Å²) in [6.45, 7) is -0.0875. The van der Waals surface area contributed by atoms with E-state index in [0.29, 0.717) is 21.7 Å². The summed E-state index contributed by atoms with van der Waals surface area (Å²) in [5, 5.41) is 29.0. The van der Waals surface area contributed by atoms with E-state index in [1.807, 2.05) is 18.2 Å². The molecule has 0 unspecified atom stereocenters. The van der Waals surface area contributed by atoms with E-state index in [0.717, 1.165) is 27.5 Å². The number of aliphatic hydroxyl groups is 3. The summed E-state index contributed by atoms with van der Waals surface area (Å²) in [5.41, 5.74) is 4.29. The average Bonchev–Trinajstić information content (AvgIpc) is 3.42. The van der Waals surface area contributed by atoms with Gasteiger partial charge in [-0.3, -0.25) is 0 Å². The highest BCUT2D eigenvalue weighted by molar-refractivity contribution is 9.10. The number of carbonyl (C=O) groups is 1. The van der Waals surface area contributed by atoms with Crippen LogP contribution < -0.4 is 0 Å². The fraction of sp³-hybridized carbons (Fsp3) is 0.292. The highest BCUT2D eigenvalue weighted by Gasteiger charge is 2.27. The van der Waals surface area contributed by atoms with E-state index >= 15 is 0 Å². The summed E-state index contributed by atoms with van der Waals surface area (Å²) < 4.78 is 16.2. The molecule has 168 valence electrons. The number of esters is 1. The number of hydrogen-bond acceptors (Lipinski definition) is 7. The number of hydrogen-bond donors (Lipinski definition) is 3. The second-order valence-electron chi connectivity index (χ2n) is 7.66. The first-order valence-electron chi connectivity index (χ1n) is 10.2. The van der Waals surface area contributed by atoms with Gasteiger partial charge in [-0.15, -0.1) is 0 Å². The molecule has 0 atom stereocenters. The van der Waals surface area contributed by atoms with Crippen molar-refractivity contribution in [3.8, 4) is 0 Å². The van der Waals surface area contributed by atoms with Gasteiger partial charge in [0.05, 0.1) is 24.8 Å². The number of benzene rings is 2. The smallest absolute Gasteiger partial charge is 0.373 e. The van der Waals surface area contributed by atoms with Crippen LogP contribution in [-0.4, -0.2) is 28.4 Å². The number of aliphatic hydroxyl groups excluding tert-OH is 3. The molecule has 8 heteroatoms. The Morgan fingerprint density at radius 3 is 2.19 bits per heavy atom. The zero-order valence-electron chi connectivity index (χ0n) is 17.4. The van der Waals surface area contributed by atoms with Crippen molar-refractivity contribution in [2.75, 3.05) is 7.11 Å². The number of carbonyl (C=O) groups excluding carboxylic acids is 1. The maximum Gasteiger partial charge on any atom is 0.373 e. The monoisotopic (exact) mass is 502 g/mol. The summed E-state index contributed by atoms with van der Waals surface area (Å²) in [4.78, 5) is 11.3. The Kier molecular flexibility index (Phi) is 6.66. The van der Waals surface area contributed by atoms with Crippen LogP contribution in [0.25, 0.3) is 21.9 Å². The van der Waals surface area contributed by atoms with Gasteiger partial charge in [0.1, 0.15) is 23.5 Å². The van der Waals surface area contributed by atoms with E-state index < -0.39 is 5.97 Å². The van der Waals surface area contributed by atoms with E-state index in [-0.39, 0.29) is 25.6 Å². The van der Waals surface area contributed by atoms with Gasteiger partial charge in [0.25, 0.3) is 0 Å². The average molecular weight is 503 g/mol. The van der Waals surface area contributed by atoms with Gasteiger partial charge in [-0.1, -0.05) is 0 Å². The van der Waals surface area contributed by atoms with Crippen molar-refractivity contribution in [1.82, 2.24) is 0 Å². The minimum atomic E-state index is -0.520. The maximum absolute atomic E-state index is 11.3. The molecule has 0 aliphatic heterocycles. The predicted octanol–water partition coefficient (Wildman–Crippen LogP) is 4.77. The van der Waals surface area contributed by atoms with Gasteiger partial charge in [-0.25, -0.2) is 4.79 Å². The van der Waals surface area contributed by atoms with Crippen molar-refractivity contribution < 1.29 is 33.7 Å². The molecule has 1 saturated carbocycles. The molecule has 0 saturated heterocycles. The van der Waals surface area contributed by atoms with Crippen molar-refractivity contribution in [1.29, 1.82) is 0 Å². The lowest BCUT2D eigenvalue weighted by Gasteiger charge is -2.03. The van der Waals surface area contributed by atoms with Crippen LogP contribution in [-0.2, 0) is 24.6 Å².